The number of nitrogens with zero attached hydrogens (tertiary/aromatic N) is 3. The van der Waals surface area contributed by atoms with Gasteiger partial charge in [-0.3, -0.25) is 10.9 Å². The number of rotatable bonds is 6. The second-order valence-electron chi connectivity index (χ2n) is 4.86. The van der Waals surface area contributed by atoms with Crippen LogP contribution in [0.15, 0.2) is 48.7 Å². The number of pyridine rings is 1. The molecule has 1 aromatic carbocycles. The second kappa shape index (κ2) is 7.47. The zero-order valence-electron chi connectivity index (χ0n) is 12.7. The lowest BCUT2D eigenvalue weighted by Crippen LogP contribution is -2.14. The van der Waals surface area contributed by atoms with Crippen molar-refractivity contribution >= 4 is 11.6 Å². The molecule has 0 atom stereocenters. The van der Waals surface area contributed by atoms with E-state index in [9.17, 15) is 13.2 Å². The topological polar surface area (TPSA) is 72.0 Å². The van der Waals surface area contributed by atoms with E-state index in [1.807, 2.05) is 0 Å². The standard InChI is InChI=1S/C16H12F3N5O/c17-11-6-4-10(5-7-11)9-25-16-20-8-12(18)15(22-16)24-23-14-3-1-2-13(19)21-14/h1-8H,9H2,(H,21,23)(H,20,22,24). The van der Waals surface area contributed by atoms with Gasteiger partial charge < -0.3 is 4.74 Å². The highest BCUT2D eigenvalue weighted by atomic mass is 19.1. The molecule has 0 aliphatic rings. The molecule has 2 N–H and O–H groups in total. The molecule has 2 heterocycles. The number of aromatic nitrogens is 3. The SMILES string of the molecule is Fc1ccc(COc2ncc(F)c(NNc3cccc(F)n3)n2)cc1. The van der Waals surface area contributed by atoms with Crippen LogP contribution in [0.4, 0.5) is 24.8 Å². The number of hydrogen-bond donors (Lipinski definition) is 2. The van der Waals surface area contributed by atoms with Crippen LogP contribution in [0.1, 0.15) is 5.56 Å². The van der Waals surface area contributed by atoms with Crippen molar-refractivity contribution < 1.29 is 17.9 Å². The normalized spacial score (nSPS) is 10.4. The number of halogens is 3. The Bertz CT molecular complexity index is 861. The lowest BCUT2D eigenvalue weighted by molar-refractivity contribution is 0.279. The van der Waals surface area contributed by atoms with Crippen molar-refractivity contribution in [2.24, 2.45) is 0 Å². The summed E-state index contributed by atoms with van der Waals surface area (Å²) in [5.41, 5.74) is 5.69. The van der Waals surface area contributed by atoms with E-state index in [1.54, 1.807) is 12.1 Å². The highest BCUT2D eigenvalue weighted by molar-refractivity contribution is 5.45. The first-order valence-electron chi connectivity index (χ1n) is 7.14. The molecule has 2 aromatic heterocycles. The van der Waals surface area contributed by atoms with Crippen molar-refractivity contribution in [3.63, 3.8) is 0 Å². The van der Waals surface area contributed by atoms with Crippen LogP contribution in [0.3, 0.4) is 0 Å². The molecule has 0 amide bonds. The number of hydrogen-bond acceptors (Lipinski definition) is 6. The maximum atomic E-state index is 13.7. The fourth-order valence-electron chi connectivity index (χ4n) is 1.84. The van der Waals surface area contributed by atoms with Gasteiger partial charge in [-0.15, -0.1) is 0 Å². The summed E-state index contributed by atoms with van der Waals surface area (Å²) in [4.78, 5) is 11.1. The quantitative estimate of drug-likeness (QED) is 0.527. The molecule has 6 nitrogen and oxygen atoms in total. The minimum atomic E-state index is -0.738. The molecule has 0 saturated heterocycles. The Morgan fingerprint density at radius 1 is 0.920 bits per heavy atom. The van der Waals surface area contributed by atoms with Gasteiger partial charge in [0.2, 0.25) is 5.95 Å². The lowest BCUT2D eigenvalue weighted by atomic mass is 10.2. The van der Waals surface area contributed by atoms with E-state index < -0.39 is 11.8 Å². The summed E-state index contributed by atoms with van der Waals surface area (Å²) in [6.07, 6.45) is 0.927. The van der Waals surface area contributed by atoms with E-state index in [1.165, 1.54) is 30.3 Å². The third-order valence-corrected chi connectivity index (χ3v) is 3.03. The number of anilines is 2. The maximum Gasteiger partial charge on any atom is 0.318 e. The Kier molecular flexibility index (Phi) is 4.93. The lowest BCUT2D eigenvalue weighted by Gasteiger charge is -2.10. The number of benzene rings is 1. The molecule has 0 spiro atoms. The molecule has 0 saturated carbocycles. The van der Waals surface area contributed by atoms with Crippen LogP contribution in [0.2, 0.25) is 0 Å². The average molecular weight is 347 g/mol. The first-order chi connectivity index (χ1) is 12.1. The summed E-state index contributed by atoms with van der Waals surface area (Å²) >= 11 is 0. The van der Waals surface area contributed by atoms with Crippen LogP contribution >= 0.6 is 0 Å². The van der Waals surface area contributed by atoms with Crippen molar-refractivity contribution in [3.8, 4) is 6.01 Å². The van der Waals surface area contributed by atoms with Crippen molar-refractivity contribution in [2.45, 2.75) is 6.61 Å². The Morgan fingerprint density at radius 2 is 1.72 bits per heavy atom. The summed E-state index contributed by atoms with van der Waals surface area (Å²) in [5, 5.41) is 0. The van der Waals surface area contributed by atoms with Gasteiger partial charge in [-0.25, -0.2) is 18.7 Å². The fraction of sp³-hybridized carbons (Fsp3) is 0.0625. The molecule has 0 aliphatic heterocycles. The van der Waals surface area contributed by atoms with Gasteiger partial charge in [0.1, 0.15) is 18.2 Å². The summed E-state index contributed by atoms with van der Waals surface area (Å²) in [6, 6.07) is 9.73. The molecule has 3 aromatic rings. The van der Waals surface area contributed by atoms with Crippen LogP contribution in [0.25, 0.3) is 0 Å². The summed E-state index contributed by atoms with van der Waals surface area (Å²) < 4.78 is 44.9. The average Bonchev–Trinajstić information content (AvgIpc) is 2.61. The fourth-order valence-corrected chi connectivity index (χ4v) is 1.84. The minimum Gasteiger partial charge on any atom is -0.459 e. The number of hydrazine groups is 1. The van der Waals surface area contributed by atoms with Crippen LogP contribution < -0.4 is 15.6 Å². The molecule has 0 bridgehead atoms. The monoisotopic (exact) mass is 347 g/mol. The summed E-state index contributed by atoms with van der Waals surface area (Å²) in [6.45, 7) is 0.0875. The van der Waals surface area contributed by atoms with Gasteiger partial charge >= 0.3 is 6.01 Å². The van der Waals surface area contributed by atoms with Crippen molar-refractivity contribution in [1.29, 1.82) is 0 Å². The molecule has 0 unspecified atom stereocenters. The van der Waals surface area contributed by atoms with Gasteiger partial charge in [0.25, 0.3) is 0 Å². The zero-order chi connectivity index (χ0) is 17.6. The van der Waals surface area contributed by atoms with Gasteiger partial charge in [-0.05, 0) is 29.8 Å². The molecule has 25 heavy (non-hydrogen) atoms. The third kappa shape index (κ3) is 4.56. The Hall–Kier alpha value is -3.36. The summed E-state index contributed by atoms with van der Waals surface area (Å²) in [7, 11) is 0. The van der Waals surface area contributed by atoms with Gasteiger partial charge in [-0.1, -0.05) is 18.2 Å². The van der Waals surface area contributed by atoms with Crippen LogP contribution in [-0.2, 0) is 6.61 Å². The minimum absolute atomic E-state index is 0.0813. The highest BCUT2D eigenvalue weighted by Gasteiger charge is 2.08. The number of ether oxygens (including phenoxy) is 1. The maximum absolute atomic E-state index is 13.7. The molecule has 128 valence electrons. The van der Waals surface area contributed by atoms with Crippen LogP contribution in [-0.4, -0.2) is 15.0 Å². The van der Waals surface area contributed by atoms with E-state index in [0.29, 0.717) is 5.56 Å². The van der Waals surface area contributed by atoms with Crippen LogP contribution in [0.5, 0.6) is 6.01 Å². The van der Waals surface area contributed by atoms with E-state index >= 15 is 0 Å². The first-order valence-corrected chi connectivity index (χ1v) is 7.14. The van der Waals surface area contributed by atoms with Crippen molar-refractivity contribution in [3.05, 3.63) is 71.8 Å². The molecular formula is C16H12F3N5O. The Balaban J connectivity index is 1.64. The predicted molar refractivity (Wildman–Crippen MR) is 84.2 cm³/mol. The molecule has 0 aliphatic carbocycles. The van der Waals surface area contributed by atoms with Gasteiger partial charge in [0, 0.05) is 0 Å². The largest absolute Gasteiger partial charge is 0.459 e. The molecule has 0 fully saturated rings. The van der Waals surface area contributed by atoms with E-state index in [2.05, 4.69) is 25.8 Å². The molecular weight excluding hydrogens is 335 g/mol. The van der Waals surface area contributed by atoms with E-state index in [-0.39, 0.29) is 30.1 Å². The zero-order valence-corrected chi connectivity index (χ0v) is 12.7. The Morgan fingerprint density at radius 3 is 2.48 bits per heavy atom. The van der Waals surface area contributed by atoms with Crippen LogP contribution in [0, 0.1) is 17.6 Å². The predicted octanol–water partition coefficient (Wildman–Crippen LogP) is 3.31. The van der Waals surface area contributed by atoms with Crippen molar-refractivity contribution in [2.75, 3.05) is 10.9 Å². The van der Waals surface area contributed by atoms with Crippen molar-refractivity contribution in [1.82, 2.24) is 15.0 Å². The van der Waals surface area contributed by atoms with E-state index in [0.717, 1.165) is 6.20 Å². The van der Waals surface area contributed by atoms with E-state index in [4.69, 9.17) is 4.74 Å². The highest BCUT2D eigenvalue weighted by Crippen LogP contribution is 2.15. The second-order valence-corrected chi connectivity index (χ2v) is 4.86. The van der Waals surface area contributed by atoms with Gasteiger partial charge in [0.15, 0.2) is 11.6 Å². The molecule has 0 radical (unpaired) electrons. The molecule has 9 heteroatoms. The number of nitrogens with one attached hydrogen (secondary N) is 2. The smallest absolute Gasteiger partial charge is 0.318 e. The molecule has 3 rings (SSSR count). The van der Waals surface area contributed by atoms with Gasteiger partial charge in [-0.2, -0.15) is 9.37 Å². The summed E-state index contributed by atoms with van der Waals surface area (Å²) in [5.74, 6) is -1.83. The Labute approximate surface area is 140 Å². The third-order valence-electron chi connectivity index (χ3n) is 3.03. The first kappa shape index (κ1) is 16.5. The van der Waals surface area contributed by atoms with Gasteiger partial charge in [0.05, 0.1) is 6.20 Å².